The zero-order chi connectivity index (χ0) is 30.2. The Kier molecular flexibility index (Phi) is 8.28. The summed E-state index contributed by atoms with van der Waals surface area (Å²) in [5, 5.41) is 0. The number of anilines is 3. The quantitative estimate of drug-likeness (QED) is 0.382. The molecule has 3 saturated heterocycles. The standard InChI is InChI=1S/C28H33F3N6O5/c1-16-2-3-20(36-5-4-17(14-28(29,30)31)26(36)42-27(40)25(33)39)13-21(16)18-10-22(35-6-8-41-9-7-35)34-23(11-18)37-15-19(32)12-24(37)38/h2-3,10-11,13,17,19,26H,4-9,12,14-15,32H2,1H3,(H2,33,39)/t17?,19-,26?/m1/s1. The first kappa shape index (κ1) is 29.6. The monoisotopic (exact) mass is 590 g/mol. The van der Waals surface area contributed by atoms with E-state index in [2.05, 4.69) is 4.90 Å². The number of pyridine rings is 1. The van der Waals surface area contributed by atoms with E-state index >= 15 is 0 Å². The Bertz CT molecular complexity index is 1370. The summed E-state index contributed by atoms with van der Waals surface area (Å²) >= 11 is 0. The molecular formula is C28H33F3N6O5. The molecule has 14 heteroatoms. The smallest absolute Gasteiger partial charge is 0.398 e. The van der Waals surface area contributed by atoms with Gasteiger partial charge in [-0.2, -0.15) is 13.2 Å². The molecule has 1 aromatic heterocycles. The molecule has 42 heavy (non-hydrogen) atoms. The van der Waals surface area contributed by atoms with Gasteiger partial charge in [-0.05, 0) is 54.3 Å². The van der Waals surface area contributed by atoms with Gasteiger partial charge < -0.3 is 30.7 Å². The Morgan fingerprint density at radius 2 is 1.83 bits per heavy atom. The highest BCUT2D eigenvalue weighted by molar-refractivity contribution is 6.31. The van der Waals surface area contributed by atoms with Gasteiger partial charge >= 0.3 is 18.1 Å². The Labute approximate surface area is 240 Å². The number of aromatic nitrogens is 1. The second-order valence-corrected chi connectivity index (χ2v) is 10.9. The van der Waals surface area contributed by atoms with Crippen LogP contribution >= 0.6 is 0 Å². The highest BCUT2D eigenvalue weighted by atomic mass is 19.4. The molecule has 0 aliphatic carbocycles. The summed E-state index contributed by atoms with van der Waals surface area (Å²) in [6, 6.07) is 8.75. The molecule has 5 rings (SSSR count). The van der Waals surface area contributed by atoms with Crippen molar-refractivity contribution in [2.45, 2.75) is 44.6 Å². The van der Waals surface area contributed by atoms with E-state index in [4.69, 9.17) is 25.9 Å². The summed E-state index contributed by atoms with van der Waals surface area (Å²) in [4.78, 5) is 46.2. The molecule has 11 nitrogen and oxygen atoms in total. The van der Waals surface area contributed by atoms with E-state index in [1.165, 1.54) is 0 Å². The number of carbonyl (C=O) groups excluding carboxylic acids is 3. The number of carbonyl (C=O) groups is 3. The van der Waals surface area contributed by atoms with E-state index in [9.17, 15) is 27.6 Å². The van der Waals surface area contributed by atoms with E-state index in [1.807, 2.05) is 19.1 Å². The van der Waals surface area contributed by atoms with Crippen molar-refractivity contribution in [2.24, 2.45) is 17.4 Å². The predicted molar refractivity (Wildman–Crippen MR) is 148 cm³/mol. The lowest BCUT2D eigenvalue weighted by Crippen LogP contribution is -2.41. The maximum absolute atomic E-state index is 13.3. The van der Waals surface area contributed by atoms with Crippen molar-refractivity contribution in [3.8, 4) is 11.1 Å². The van der Waals surface area contributed by atoms with Crippen LogP contribution in [0, 0.1) is 12.8 Å². The zero-order valence-electron chi connectivity index (χ0n) is 23.1. The summed E-state index contributed by atoms with van der Waals surface area (Å²) < 4.78 is 50.7. The second kappa shape index (κ2) is 11.8. The van der Waals surface area contributed by atoms with Crippen LogP contribution in [0.3, 0.4) is 0 Å². The van der Waals surface area contributed by atoms with Crippen molar-refractivity contribution in [1.29, 1.82) is 0 Å². The number of ether oxygens (including phenoxy) is 2. The fraction of sp³-hybridized carbons (Fsp3) is 0.500. The maximum atomic E-state index is 13.3. The molecule has 4 N–H and O–H groups in total. The summed E-state index contributed by atoms with van der Waals surface area (Å²) in [7, 11) is 0. The van der Waals surface area contributed by atoms with E-state index in [-0.39, 0.29) is 31.3 Å². The van der Waals surface area contributed by atoms with Crippen molar-refractivity contribution in [3.63, 3.8) is 0 Å². The molecule has 3 atom stereocenters. The average Bonchev–Trinajstić information content (AvgIpc) is 3.49. The molecule has 0 radical (unpaired) electrons. The van der Waals surface area contributed by atoms with Gasteiger partial charge in [-0.15, -0.1) is 0 Å². The summed E-state index contributed by atoms with van der Waals surface area (Å²) in [5.41, 5.74) is 14.0. The lowest BCUT2D eigenvalue weighted by Gasteiger charge is -2.31. The van der Waals surface area contributed by atoms with Crippen LogP contribution in [0.1, 0.15) is 24.8 Å². The molecule has 2 amide bonds. The van der Waals surface area contributed by atoms with Gasteiger partial charge in [0, 0.05) is 50.2 Å². The summed E-state index contributed by atoms with van der Waals surface area (Å²) in [6.07, 6.45) is -6.69. The van der Waals surface area contributed by atoms with Gasteiger partial charge in [0.2, 0.25) is 5.91 Å². The SMILES string of the molecule is Cc1ccc(N2CCC(CC(F)(F)F)C2OC(=O)C(N)=O)cc1-c1cc(N2CCOCC2)nc(N2C[C@H](N)CC2=O)c1. The molecule has 2 aromatic rings. The normalized spacial score (nSPS) is 23.0. The van der Waals surface area contributed by atoms with Gasteiger partial charge in [-0.1, -0.05) is 6.07 Å². The first-order chi connectivity index (χ1) is 19.9. The second-order valence-electron chi connectivity index (χ2n) is 10.9. The fourth-order valence-corrected chi connectivity index (χ4v) is 5.74. The maximum Gasteiger partial charge on any atom is 0.398 e. The van der Waals surface area contributed by atoms with Crippen LogP contribution in [0.5, 0.6) is 0 Å². The molecule has 4 heterocycles. The van der Waals surface area contributed by atoms with E-state index < -0.39 is 36.6 Å². The number of nitrogens with two attached hydrogens (primary N) is 2. The largest absolute Gasteiger partial charge is 0.434 e. The minimum atomic E-state index is -4.49. The van der Waals surface area contributed by atoms with E-state index in [0.29, 0.717) is 50.2 Å². The Morgan fingerprint density at radius 3 is 2.48 bits per heavy atom. The van der Waals surface area contributed by atoms with Crippen molar-refractivity contribution in [1.82, 2.24) is 4.98 Å². The molecule has 3 aliphatic heterocycles. The third-order valence-corrected chi connectivity index (χ3v) is 7.80. The molecule has 3 fully saturated rings. The first-order valence-corrected chi connectivity index (χ1v) is 13.7. The number of hydrogen-bond donors (Lipinski definition) is 2. The van der Waals surface area contributed by atoms with Crippen molar-refractivity contribution in [3.05, 3.63) is 35.9 Å². The summed E-state index contributed by atoms with van der Waals surface area (Å²) in [5.74, 6) is -2.87. The number of morpholine rings is 1. The van der Waals surface area contributed by atoms with Crippen LogP contribution < -0.4 is 26.2 Å². The summed E-state index contributed by atoms with van der Waals surface area (Å²) in [6.45, 7) is 4.68. The minimum Gasteiger partial charge on any atom is -0.434 e. The van der Waals surface area contributed by atoms with Crippen LogP contribution in [0.4, 0.5) is 30.5 Å². The molecule has 0 saturated carbocycles. The number of primary amides is 1. The molecule has 3 aliphatic rings. The lowest BCUT2D eigenvalue weighted by molar-refractivity contribution is -0.167. The van der Waals surface area contributed by atoms with Crippen LogP contribution in [-0.4, -0.2) is 80.6 Å². The van der Waals surface area contributed by atoms with Crippen LogP contribution in [0.15, 0.2) is 30.3 Å². The number of esters is 1. The third-order valence-electron chi connectivity index (χ3n) is 7.80. The number of nitrogens with zero attached hydrogens (tertiary/aromatic N) is 4. The predicted octanol–water partition coefficient (Wildman–Crippen LogP) is 2.09. The van der Waals surface area contributed by atoms with Crippen LogP contribution in [0.25, 0.3) is 11.1 Å². The van der Waals surface area contributed by atoms with Crippen molar-refractivity contribution in [2.75, 3.05) is 54.1 Å². The van der Waals surface area contributed by atoms with Gasteiger partial charge in [0.25, 0.3) is 0 Å². The number of hydrogen-bond acceptors (Lipinski definition) is 9. The Morgan fingerprint density at radius 1 is 1.12 bits per heavy atom. The number of alkyl halides is 3. The van der Waals surface area contributed by atoms with E-state index in [0.717, 1.165) is 16.7 Å². The minimum absolute atomic E-state index is 0.0946. The van der Waals surface area contributed by atoms with Gasteiger partial charge in [0.05, 0.1) is 19.6 Å². The van der Waals surface area contributed by atoms with Gasteiger partial charge in [-0.25, -0.2) is 9.78 Å². The Balaban J connectivity index is 1.54. The molecular weight excluding hydrogens is 557 g/mol. The topological polar surface area (TPSA) is 144 Å². The molecule has 2 unspecified atom stereocenters. The lowest BCUT2D eigenvalue weighted by atomic mass is 9.99. The van der Waals surface area contributed by atoms with Gasteiger partial charge in [0.15, 0.2) is 6.23 Å². The number of rotatable bonds is 6. The zero-order valence-corrected chi connectivity index (χ0v) is 23.1. The third kappa shape index (κ3) is 6.44. The molecule has 0 spiro atoms. The van der Waals surface area contributed by atoms with Crippen molar-refractivity contribution < 1.29 is 37.0 Å². The highest BCUT2D eigenvalue weighted by Crippen LogP contribution is 2.40. The van der Waals surface area contributed by atoms with Gasteiger partial charge in [-0.3, -0.25) is 14.5 Å². The highest BCUT2D eigenvalue weighted by Gasteiger charge is 2.44. The first-order valence-electron chi connectivity index (χ1n) is 13.7. The number of amides is 2. The Hall–Kier alpha value is -3.91. The molecule has 0 bridgehead atoms. The fourth-order valence-electron chi connectivity index (χ4n) is 5.74. The number of halogens is 3. The number of aryl methyl sites for hydroxylation is 1. The number of benzene rings is 1. The van der Waals surface area contributed by atoms with Crippen LogP contribution in [-0.2, 0) is 23.9 Å². The molecule has 226 valence electrons. The van der Waals surface area contributed by atoms with Gasteiger partial charge in [0.1, 0.15) is 11.6 Å². The van der Waals surface area contributed by atoms with E-state index in [1.54, 1.807) is 28.0 Å². The molecule has 1 aromatic carbocycles. The average molecular weight is 591 g/mol. The van der Waals surface area contributed by atoms with Crippen LogP contribution in [0.2, 0.25) is 0 Å². The van der Waals surface area contributed by atoms with Crippen molar-refractivity contribution >= 4 is 35.1 Å².